The number of thiophene rings is 1. The first kappa shape index (κ1) is 14.6. The van der Waals surface area contributed by atoms with E-state index in [1.165, 1.54) is 10.4 Å². The Balaban J connectivity index is 1.46. The zero-order valence-corrected chi connectivity index (χ0v) is 14.1. The number of amides is 2. The molecule has 22 heavy (non-hydrogen) atoms. The standard InChI is InChI=1S/C16H20N2O2S2/c19-15(11-2-1-3-11)18-10-21-9-13(18)16(20)17-6-4-14-12(8-17)5-7-22-14/h5,7,11,13H,1-4,6,8-10H2/t13-/m1/s1. The lowest BCUT2D eigenvalue weighted by Gasteiger charge is -2.35. The van der Waals surface area contributed by atoms with Gasteiger partial charge in [0.05, 0.1) is 5.88 Å². The van der Waals surface area contributed by atoms with Crippen LogP contribution in [0.25, 0.3) is 0 Å². The largest absolute Gasteiger partial charge is 0.336 e. The summed E-state index contributed by atoms with van der Waals surface area (Å²) < 4.78 is 0. The van der Waals surface area contributed by atoms with Crippen LogP contribution in [0.3, 0.4) is 0 Å². The minimum absolute atomic E-state index is 0.148. The predicted octanol–water partition coefficient (Wildman–Crippen LogP) is 2.33. The van der Waals surface area contributed by atoms with Crippen LogP contribution in [0.15, 0.2) is 11.4 Å². The van der Waals surface area contributed by atoms with Crippen LogP contribution in [0, 0.1) is 5.92 Å². The molecule has 2 fully saturated rings. The van der Waals surface area contributed by atoms with Gasteiger partial charge < -0.3 is 9.80 Å². The summed E-state index contributed by atoms with van der Waals surface area (Å²) >= 11 is 3.49. The van der Waals surface area contributed by atoms with Crippen molar-refractivity contribution in [2.75, 3.05) is 18.2 Å². The fourth-order valence-corrected chi connectivity index (χ4v) is 5.45. The Kier molecular flexibility index (Phi) is 3.90. The van der Waals surface area contributed by atoms with Gasteiger partial charge in [0.1, 0.15) is 6.04 Å². The summed E-state index contributed by atoms with van der Waals surface area (Å²) in [5.74, 6) is 1.98. The Morgan fingerprint density at radius 3 is 2.86 bits per heavy atom. The first-order valence-electron chi connectivity index (χ1n) is 7.96. The quantitative estimate of drug-likeness (QED) is 0.832. The second kappa shape index (κ2) is 5.89. The van der Waals surface area contributed by atoms with Gasteiger partial charge in [-0.1, -0.05) is 6.42 Å². The third kappa shape index (κ3) is 2.46. The molecule has 1 saturated heterocycles. The third-order valence-electron chi connectivity index (χ3n) is 5.02. The fourth-order valence-electron chi connectivity index (χ4n) is 3.40. The number of hydrogen-bond acceptors (Lipinski definition) is 4. The number of carbonyl (C=O) groups is 2. The molecule has 1 aromatic rings. The molecule has 1 aliphatic carbocycles. The van der Waals surface area contributed by atoms with Crippen LogP contribution in [0.2, 0.25) is 0 Å². The maximum absolute atomic E-state index is 12.9. The van der Waals surface area contributed by atoms with Crippen LogP contribution in [0.1, 0.15) is 29.7 Å². The maximum Gasteiger partial charge on any atom is 0.246 e. The SMILES string of the molecule is O=C([C@H]1CSCN1C(=O)C1CCC1)N1CCc2sccc2C1. The van der Waals surface area contributed by atoms with Gasteiger partial charge in [-0.15, -0.1) is 23.1 Å². The van der Waals surface area contributed by atoms with Crippen LogP contribution >= 0.6 is 23.1 Å². The van der Waals surface area contributed by atoms with Gasteiger partial charge in [0.2, 0.25) is 11.8 Å². The van der Waals surface area contributed by atoms with E-state index in [4.69, 9.17) is 0 Å². The van der Waals surface area contributed by atoms with Gasteiger partial charge in [0.25, 0.3) is 0 Å². The molecule has 4 rings (SSSR count). The first-order valence-corrected chi connectivity index (χ1v) is 10.00. The summed E-state index contributed by atoms with van der Waals surface area (Å²) in [6, 6.07) is 1.89. The topological polar surface area (TPSA) is 40.6 Å². The van der Waals surface area contributed by atoms with Gasteiger partial charge in [-0.05, 0) is 36.3 Å². The smallest absolute Gasteiger partial charge is 0.246 e. The number of thioether (sulfide) groups is 1. The highest BCUT2D eigenvalue weighted by Gasteiger charge is 2.41. The summed E-state index contributed by atoms with van der Waals surface area (Å²) in [6.07, 6.45) is 4.12. The highest BCUT2D eigenvalue weighted by atomic mass is 32.2. The molecule has 1 saturated carbocycles. The molecule has 118 valence electrons. The van der Waals surface area contributed by atoms with Gasteiger partial charge in [0, 0.05) is 29.6 Å². The van der Waals surface area contributed by atoms with E-state index in [2.05, 4.69) is 11.4 Å². The van der Waals surface area contributed by atoms with Crippen LogP contribution in [-0.2, 0) is 22.6 Å². The van der Waals surface area contributed by atoms with Crippen molar-refractivity contribution in [3.8, 4) is 0 Å². The van der Waals surface area contributed by atoms with E-state index in [0.717, 1.165) is 38.0 Å². The van der Waals surface area contributed by atoms with Crippen molar-refractivity contribution < 1.29 is 9.59 Å². The highest BCUT2D eigenvalue weighted by Crippen LogP contribution is 2.33. The zero-order valence-electron chi connectivity index (χ0n) is 12.5. The Bertz CT molecular complexity index is 597. The summed E-state index contributed by atoms with van der Waals surface area (Å²) in [7, 11) is 0. The number of hydrogen-bond donors (Lipinski definition) is 0. The molecule has 0 N–H and O–H groups in total. The third-order valence-corrected chi connectivity index (χ3v) is 7.06. The second-order valence-corrected chi connectivity index (χ2v) is 8.33. The maximum atomic E-state index is 12.9. The van der Waals surface area contributed by atoms with Crippen molar-refractivity contribution in [1.82, 2.24) is 9.80 Å². The van der Waals surface area contributed by atoms with E-state index < -0.39 is 0 Å². The monoisotopic (exact) mass is 336 g/mol. The summed E-state index contributed by atoms with van der Waals surface area (Å²) in [5.41, 5.74) is 1.28. The molecule has 2 aliphatic heterocycles. The molecule has 0 unspecified atom stereocenters. The van der Waals surface area contributed by atoms with Gasteiger partial charge in [-0.25, -0.2) is 0 Å². The lowest BCUT2D eigenvalue weighted by atomic mass is 9.84. The second-order valence-electron chi connectivity index (χ2n) is 6.33. The van der Waals surface area contributed by atoms with Crippen molar-refractivity contribution in [1.29, 1.82) is 0 Å². The minimum Gasteiger partial charge on any atom is -0.336 e. The molecule has 2 amide bonds. The predicted molar refractivity (Wildman–Crippen MR) is 88.7 cm³/mol. The van der Waals surface area contributed by atoms with Gasteiger partial charge in [-0.2, -0.15) is 0 Å². The summed E-state index contributed by atoms with van der Waals surface area (Å²) in [5, 5.41) is 2.11. The number of fused-ring (bicyclic) bond motifs is 1. The van der Waals surface area contributed by atoms with Gasteiger partial charge >= 0.3 is 0 Å². The first-order chi connectivity index (χ1) is 10.7. The molecule has 6 heteroatoms. The zero-order chi connectivity index (χ0) is 15.1. The number of nitrogens with zero attached hydrogens (tertiary/aromatic N) is 2. The van der Waals surface area contributed by atoms with E-state index in [0.29, 0.717) is 12.4 Å². The molecule has 3 aliphatic rings. The van der Waals surface area contributed by atoms with Crippen LogP contribution in [0.5, 0.6) is 0 Å². The van der Waals surface area contributed by atoms with Gasteiger partial charge in [0.15, 0.2) is 0 Å². The molecule has 0 bridgehead atoms. The van der Waals surface area contributed by atoms with Crippen LogP contribution < -0.4 is 0 Å². The molecule has 1 aromatic heterocycles. The van der Waals surface area contributed by atoms with Crippen molar-refractivity contribution in [2.45, 2.75) is 38.3 Å². The normalized spacial score (nSPS) is 25.0. The molecule has 1 atom stereocenters. The average Bonchev–Trinajstić information content (AvgIpc) is 3.12. The van der Waals surface area contributed by atoms with E-state index in [1.54, 1.807) is 23.1 Å². The highest BCUT2D eigenvalue weighted by molar-refractivity contribution is 7.99. The Morgan fingerprint density at radius 2 is 2.09 bits per heavy atom. The minimum atomic E-state index is -0.238. The molecule has 0 aromatic carbocycles. The Morgan fingerprint density at radius 1 is 1.23 bits per heavy atom. The van der Waals surface area contributed by atoms with Gasteiger partial charge in [-0.3, -0.25) is 9.59 Å². The number of rotatable bonds is 2. The number of carbonyl (C=O) groups excluding carboxylic acids is 2. The van der Waals surface area contributed by atoms with Crippen molar-refractivity contribution in [2.24, 2.45) is 5.92 Å². The molecule has 3 heterocycles. The van der Waals surface area contributed by atoms with Crippen molar-refractivity contribution >= 4 is 34.9 Å². The lowest BCUT2D eigenvalue weighted by Crippen LogP contribution is -2.51. The molecular formula is C16H20N2O2S2. The summed E-state index contributed by atoms with van der Waals surface area (Å²) in [6.45, 7) is 1.50. The Hall–Kier alpha value is -1.01. The lowest BCUT2D eigenvalue weighted by molar-refractivity contribution is -0.147. The van der Waals surface area contributed by atoms with E-state index in [1.807, 2.05) is 9.80 Å². The van der Waals surface area contributed by atoms with E-state index in [-0.39, 0.29) is 23.8 Å². The molecular weight excluding hydrogens is 316 g/mol. The van der Waals surface area contributed by atoms with Crippen molar-refractivity contribution in [3.05, 3.63) is 21.9 Å². The molecule has 0 radical (unpaired) electrons. The van der Waals surface area contributed by atoms with E-state index in [9.17, 15) is 9.59 Å². The van der Waals surface area contributed by atoms with Crippen LogP contribution in [-0.4, -0.2) is 45.8 Å². The molecule has 0 spiro atoms. The van der Waals surface area contributed by atoms with Crippen molar-refractivity contribution in [3.63, 3.8) is 0 Å². The van der Waals surface area contributed by atoms with E-state index >= 15 is 0 Å². The average molecular weight is 336 g/mol. The summed E-state index contributed by atoms with van der Waals surface area (Å²) in [4.78, 5) is 30.6. The molecule has 4 nitrogen and oxygen atoms in total. The fraction of sp³-hybridized carbons (Fsp3) is 0.625. The Labute approximate surface area is 138 Å². The van der Waals surface area contributed by atoms with Crippen LogP contribution in [0.4, 0.5) is 0 Å².